The quantitative estimate of drug-likeness (QED) is 0.532. The number of aryl methyl sites for hydroxylation is 1. The topological polar surface area (TPSA) is 35.0 Å². The third-order valence-electron chi connectivity index (χ3n) is 2.59. The van der Waals surface area contributed by atoms with Gasteiger partial charge in [-0.25, -0.2) is 9.37 Å². The zero-order valence-corrected chi connectivity index (χ0v) is 13.8. The summed E-state index contributed by atoms with van der Waals surface area (Å²) in [7, 11) is 0. The van der Waals surface area contributed by atoms with E-state index in [0.717, 1.165) is 0 Å². The Labute approximate surface area is 134 Å². The average molecular weight is 380 g/mol. The molecule has 0 aliphatic rings. The number of ether oxygens (including phenoxy) is 1. The molecule has 1 aromatic heterocycles. The van der Waals surface area contributed by atoms with Crippen LogP contribution in [0.15, 0.2) is 16.6 Å². The van der Waals surface area contributed by atoms with Crippen LogP contribution in [0, 0.1) is 12.7 Å². The molecule has 0 amide bonds. The van der Waals surface area contributed by atoms with Gasteiger partial charge in [0.1, 0.15) is 22.5 Å². The van der Waals surface area contributed by atoms with Crippen molar-refractivity contribution in [3.63, 3.8) is 0 Å². The lowest BCUT2D eigenvalue weighted by molar-refractivity contribution is 0.447. The number of benzene rings is 1. The minimum absolute atomic E-state index is 0.0101. The predicted octanol–water partition coefficient (Wildman–Crippen LogP) is 5.35. The van der Waals surface area contributed by atoms with Gasteiger partial charge >= 0.3 is 0 Å². The van der Waals surface area contributed by atoms with E-state index in [1.165, 1.54) is 12.1 Å². The first-order valence-electron chi connectivity index (χ1n) is 5.77. The molecule has 0 saturated heterocycles. The maximum absolute atomic E-state index is 13.5. The number of halogens is 4. The van der Waals surface area contributed by atoms with Gasteiger partial charge in [0, 0.05) is 18.1 Å². The predicted molar refractivity (Wildman–Crippen MR) is 80.3 cm³/mol. The maximum atomic E-state index is 13.5. The third-order valence-corrected chi connectivity index (χ3v) is 3.86. The number of hydrogen-bond acceptors (Lipinski definition) is 3. The van der Waals surface area contributed by atoms with Crippen LogP contribution in [-0.2, 0) is 6.42 Å². The highest BCUT2D eigenvalue weighted by atomic mass is 79.9. The Balaban J connectivity index is 2.44. The van der Waals surface area contributed by atoms with Gasteiger partial charge in [0.2, 0.25) is 5.88 Å². The standard InChI is InChI=1S/C13H10BrCl2FN2O/c1-3-11-18-12(16)6(2)13(19-11)20-10-5-9(17)8(15)4-7(10)14/h4-5H,3H2,1-2H3. The van der Waals surface area contributed by atoms with Gasteiger partial charge < -0.3 is 4.74 Å². The first-order valence-corrected chi connectivity index (χ1v) is 7.32. The third kappa shape index (κ3) is 3.22. The summed E-state index contributed by atoms with van der Waals surface area (Å²) < 4.78 is 19.6. The van der Waals surface area contributed by atoms with Gasteiger partial charge in [0.05, 0.1) is 9.50 Å². The molecule has 0 spiro atoms. The van der Waals surface area contributed by atoms with Gasteiger partial charge in [-0.15, -0.1) is 0 Å². The number of aromatic nitrogens is 2. The normalized spacial score (nSPS) is 10.7. The molecule has 0 unspecified atom stereocenters. The van der Waals surface area contributed by atoms with Crippen molar-refractivity contribution < 1.29 is 9.13 Å². The van der Waals surface area contributed by atoms with Crippen molar-refractivity contribution in [2.45, 2.75) is 20.3 Å². The number of rotatable bonds is 3. The van der Waals surface area contributed by atoms with E-state index < -0.39 is 5.82 Å². The van der Waals surface area contributed by atoms with E-state index >= 15 is 0 Å². The molecular formula is C13H10BrCl2FN2O. The summed E-state index contributed by atoms with van der Waals surface area (Å²) in [6.07, 6.45) is 0.618. The van der Waals surface area contributed by atoms with E-state index in [1.807, 2.05) is 6.92 Å². The molecule has 1 heterocycles. The summed E-state index contributed by atoms with van der Waals surface area (Å²) in [5.74, 6) is 0.552. The molecule has 2 rings (SSSR count). The Kier molecular flexibility index (Phi) is 4.83. The second kappa shape index (κ2) is 6.24. The van der Waals surface area contributed by atoms with Gasteiger partial charge in [0.25, 0.3) is 0 Å². The largest absolute Gasteiger partial charge is 0.437 e. The number of hydrogen-bond donors (Lipinski definition) is 0. The molecule has 3 nitrogen and oxygen atoms in total. The zero-order chi connectivity index (χ0) is 14.9. The summed E-state index contributed by atoms with van der Waals surface area (Å²) in [4.78, 5) is 8.36. The van der Waals surface area contributed by atoms with E-state index in [2.05, 4.69) is 25.9 Å². The van der Waals surface area contributed by atoms with Crippen molar-refractivity contribution in [3.8, 4) is 11.6 Å². The summed E-state index contributed by atoms with van der Waals surface area (Å²) >= 11 is 15.0. The molecular weight excluding hydrogens is 370 g/mol. The smallest absolute Gasteiger partial charge is 0.227 e. The molecule has 0 bridgehead atoms. The van der Waals surface area contributed by atoms with Crippen molar-refractivity contribution >= 4 is 39.1 Å². The fourth-order valence-electron chi connectivity index (χ4n) is 1.46. The van der Waals surface area contributed by atoms with E-state index in [9.17, 15) is 4.39 Å². The Hall–Kier alpha value is -0.910. The molecule has 7 heteroatoms. The van der Waals surface area contributed by atoms with Crippen LogP contribution in [-0.4, -0.2) is 9.97 Å². The fourth-order valence-corrected chi connectivity index (χ4v) is 2.35. The van der Waals surface area contributed by atoms with Gasteiger partial charge in [-0.1, -0.05) is 30.1 Å². The Morgan fingerprint density at radius 1 is 1.30 bits per heavy atom. The second-order valence-corrected chi connectivity index (χ2v) is 5.63. The number of nitrogens with zero attached hydrogens (tertiary/aromatic N) is 2. The molecule has 106 valence electrons. The molecule has 0 fully saturated rings. The van der Waals surface area contributed by atoms with Gasteiger partial charge in [-0.2, -0.15) is 4.98 Å². The zero-order valence-electron chi connectivity index (χ0n) is 10.7. The maximum Gasteiger partial charge on any atom is 0.227 e. The van der Waals surface area contributed by atoms with Gasteiger partial charge in [0.15, 0.2) is 0 Å². The Bertz CT molecular complexity index is 667. The SMILES string of the molecule is CCc1nc(Cl)c(C)c(Oc2cc(F)c(Cl)cc2Br)n1. The molecule has 0 aliphatic carbocycles. The van der Waals surface area contributed by atoms with Crippen LogP contribution in [0.1, 0.15) is 18.3 Å². The van der Waals surface area contributed by atoms with E-state index in [-0.39, 0.29) is 10.8 Å². The molecule has 0 atom stereocenters. The molecule has 0 radical (unpaired) electrons. The monoisotopic (exact) mass is 378 g/mol. The minimum Gasteiger partial charge on any atom is -0.437 e. The van der Waals surface area contributed by atoms with E-state index in [4.69, 9.17) is 27.9 Å². The molecule has 0 aliphatic heterocycles. The van der Waals surface area contributed by atoms with Crippen LogP contribution in [0.4, 0.5) is 4.39 Å². The lowest BCUT2D eigenvalue weighted by atomic mass is 10.3. The second-order valence-electron chi connectivity index (χ2n) is 4.01. The molecule has 0 saturated carbocycles. The lowest BCUT2D eigenvalue weighted by Gasteiger charge is -2.11. The minimum atomic E-state index is -0.571. The highest BCUT2D eigenvalue weighted by Crippen LogP contribution is 2.35. The molecule has 0 N–H and O–H groups in total. The summed E-state index contributed by atoms with van der Waals surface area (Å²) in [6, 6.07) is 2.61. The summed E-state index contributed by atoms with van der Waals surface area (Å²) in [6.45, 7) is 3.64. The summed E-state index contributed by atoms with van der Waals surface area (Å²) in [5, 5.41) is 0.327. The van der Waals surface area contributed by atoms with Crippen LogP contribution >= 0.6 is 39.1 Å². The van der Waals surface area contributed by atoms with Crippen LogP contribution in [0.3, 0.4) is 0 Å². The van der Waals surface area contributed by atoms with Gasteiger partial charge in [-0.3, -0.25) is 0 Å². The molecule has 1 aromatic carbocycles. The van der Waals surface area contributed by atoms with Crippen molar-refractivity contribution in [3.05, 3.63) is 44.0 Å². The van der Waals surface area contributed by atoms with Crippen molar-refractivity contribution in [2.75, 3.05) is 0 Å². The van der Waals surface area contributed by atoms with Gasteiger partial charge in [-0.05, 0) is 28.9 Å². The van der Waals surface area contributed by atoms with E-state index in [0.29, 0.717) is 33.3 Å². The molecule has 2 aromatic rings. The van der Waals surface area contributed by atoms with Crippen molar-refractivity contribution in [1.82, 2.24) is 9.97 Å². The lowest BCUT2D eigenvalue weighted by Crippen LogP contribution is -2.00. The Morgan fingerprint density at radius 2 is 2.00 bits per heavy atom. The van der Waals surface area contributed by atoms with Crippen LogP contribution in [0.25, 0.3) is 0 Å². The highest BCUT2D eigenvalue weighted by Gasteiger charge is 2.14. The summed E-state index contributed by atoms with van der Waals surface area (Å²) in [5.41, 5.74) is 0.589. The molecule has 20 heavy (non-hydrogen) atoms. The highest BCUT2D eigenvalue weighted by molar-refractivity contribution is 9.10. The van der Waals surface area contributed by atoms with Crippen LogP contribution in [0.5, 0.6) is 11.6 Å². The Morgan fingerprint density at radius 3 is 2.65 bits per heavy atom. The van der Waals surface area contributed by atoms with Crippen LogP contribution in [0.2, 0.25) is 10.2 Å². The fraction of sp³-hybridized carbons (Fsp3) is 0.231. The van der Waals surface area contributed by atoms with Crippen molar-refractivity contribution in [2.24, 2.45) is 0 Å². The first kappa shape index (κ1) is 15.5. The van der Waals surface area contributed by atoms with E-state index in [1.54, 1.807) is 6.92 Å². The van der Waals surface area contributed by atoms with Crippen LogP contribution < -0.4 is 4.74 Å². The first-order chi connectivity index (χ1) is 9.42. The average Bonchev–Trinajstić information content (AvgIpc) is 2.40. The van der Waals surface area contributed by atoms with Crippen molar-refractivity contribution in [1.29, 1.82) is 0 Å².